The molecule has 2 fully saturated rings. The van der Waals surface area contributed by atoms with Crippen molar-refractivity contribution in [1.29, 1.82) is 0 Å². The molecule has 28 heavy (non-hydrogen) atoms. The summed E-state index contributed by atoms with van der Waals surface area (Å²) in [6.07, 6.45) is 2.54. The molecule has 6 nitrogen and oxygen atoms in total. The van der Waals surface area contributed by atoms with E-state index in [0.717, 1.165) is 38.6 Å². The summed E-state index contributed by atoms with van der Waals surface area (Å²) in [7, 11) is -2.85. The first-order chi connectivity index (χ1) is 13.0. The second-order valence-corrected chi connectivity index (χ2v) is 9.64. The Morgan fingerprint density at radius 1 is 1.32 bits per heavy atom. The molecule has 2 saturated heterocycles. The molecule has 0 aliphatic carbocycles. The van der Waals surface area contributed by atoms with Gasteiger partial charge in [-0.15, -0.1) is 30.6 Å². The Hall–Kier alpha value is -1.29. The van der Waals surface area contributed by atoms with Gasteiger partial charge in [-0.3, -0.25) is 4.99 Å². The molecule has 0 saturated carbocycles. The molecule has 2 heterocycles. The number of halogens is 1. The standard InChI is InChI=1S/C20H30N4O2S.HI/c1-3-8-21-20(22-15-18-7-13-27(25,26)16-18)24-11-9-23(10-12-24)19-6-4-5-17(2)14-19;/h3-6,14,18H,1,7-13,15-16H2,2H3,(H,21,22);1H. The number of benzene rings is 1. The van der Waals surface area contributed by atoms with Crippen LogP contribution in [0.2, 0.25) is 0 Å². The Balaban J connectivity index is 0.00000280. The summed E-state index contributed by atoms with van der Waals surface area (Å²) < 4.78 is 23.3. The molecule has 0 amide bonds. The minimum atomic E-state index is -2.85. The zero-order valence-corrected chi connectivity index (χ0v) is 19.7. The molecule has 1 atom stereocenters. The Morgan fingerprint density at radius 2 is 2.07 bits per heavy atom. The van der Waals surface area contributed by atoms with Gasteiger partial charge in [-0.1, -0.05) is 18.2 Å². The molecule has 1 N–H and O–H groups in total. The fourth-order valence-corrected chi connectivity index (χ4v) is 5.51. The zero-order chi connectivity index (χ0) is 19.3. The van der Waals surface area contributed by atoms with Crippen molar-refractivity contribution in [1.82, 2.24) is 10.2 Å². The molecule has 0 spiro atoms. The van der Waals surface area contributed by atoms with Crippen molar-refractivity contribution in [3.05, 3.63) is 42.5 Å². The highest BCUT2D eigenvalue weighted by Gasteiger charge is 2.28. The molecule has 1 aromatic rings. The zero-order valence-electron chi connectivity index (χ0n) is 16.5. The summed E-state index contributed by atoms with van der Waals surface area (Å²) in [6, 6.07) is 8.60. The summed E-state index contributed by atoms with van der Waals surface area (Å²) in [5, 5.41) is 3.34. The van der Waals surface area contributed by atoms with Crippen LogP contribution in [-0.4, -0.2) is 70.1 Å². The van der Waals surface area contributed by atoms with Gasteiger partial charge in [0.15, 0.2) is 15.8 Å². The first-order valence-corrected chi connectivity index (χ1v) is 11.5. The van der Waals surface area contributed by atoms with E-state index < -0.39 is 9.84 Å². The first-order valence-electron chi connectivity index (χ1n) is 9.63. The third-order valence-electron chi connectivity index (χ3n) is 5.18. The SMILES string of the molecule is C=CCNC(=NCC1CCS(=O)(=O)C1)N1CCN(c2cccc(C)c2)CC1.I. The van der Waals surface area contributed by atoms with E-state index in [9.17, 15) is 8.42 Å². The molecule has 156 valence electrons. The van der Waals surface area contributed by atoms with Crippen LogP contribution in [-0.2, 0) is 9.84 Å². The number of nitrogens with one attached hydrogen (secondary N) is 1. The van der Waals surface area contributed by atoms with Gasteiger partial charge in [-0.2, -0.15) is 0 Å². The number of hydrogen-bond donors (Lipinski definition) is 1. The highest BCUT2D eigenvalue weighted by atomic mass is 127. The second-order valence-electron chi connectivity index (χ2n) is 7.42. The van der Waals surface area contributed by atoms with Crippen LogP contribution >= 0.6 is 24.0 Å². The van der Waals surface area contributed by atoms with Gasteiger partial charge in [0.2, 0.25) is 0 Å². The third-order valence-corrected chi connectivity index (χ3v) is 7.01. The van der Waals surface area contributed by atoms with E-state index >= 15 is 0 Å². The van der Waals surface area contributed by atoms with E-state index in [1.807, 2.05) is 6.08 Å². The van der Waals surface area contributed by atoms with E-state index in [2.05, 4.69) is 52.9 Å². The van der Waals surface area contributed by atoms with E-state index in [1.54, 1.807) is 0 Å². The number of nitrogens with zero attached hydrogens (tertiary/aromatic N) is 3. The van der Waals surface area contributed by atoms with Gasteiger partial charge in [-0.25, -0.2) is 8.42 Å². The molecular weight excluding hydrogens is 487 g/mol. The average Bonchev–Trinajstić information content (AvgIpc) is 3.01. The van der Waals surface area contributed by atoms with Gasteiger partial charge in [-0.05, 0) is 37.0 Å². The molecule has 1 unspecified atom stereocenters. The van der Waals surface area contributed by atoms with E-state index in [1.165, 1.54) is 11.3 Å². The topological polar surface area (TPSA) is 65.0 Å². The summed E-state index contributed by atoms with van der Waals surface area (Å²) in [6.45, 7) is 10.8. The van der Waals surface area contributed by atoms with Crippen LogP contribution in [0.5, 0.6) is 0 Å². The minimum absolute atomic E-state index is 0. The summed E-state index contributed by atoms with van der Waals surface area (Å²) in [5.41, 5.74) is 2.54. The smallest absolute Gasteiger partial charge is 0.194 e. The van der Waals surface area contributed by atoms with Gasteiger partial charge in [0.05, 0.1) is 11.5 Å². The Labute approximate surface area is 186 Å². The second kappa shape index (κ2) is 10.5. The van der Waals surface area contributed by atoms with Crippen molar-refractivity contribution in [3.8, 4) is 0 Å². The van der Waals surface area contributed by atoms with Crippen molar-refractivity contribution >= 4 is 45.5 Å². The van der Waals surface area contributed by atoms with Crippen molar-refractivity contribution in [3.63, 3.8) is 0 Å². The van der Waals surface area contributed by atoms with Crippen LogP contribution in [0.4, 0.5) is 5.69 Å². The molecule has 0 radical (unpaired) electrons. The van der Waals surface area contributed by atoms with Crippen molar-refractivity contribution in [2.45, 2.75) is 13.3 Å². The van der Waals surface area contributed by atoms with Crippen LogP contribution in [0.25, 0.3) is 0 Å². The number of anilines is 1. The van der Waals surface area contributed by atoms with E-state index in [0.29, 0.717) is 18.8 Å². The van der Waals surface area contributed by atoms with Crippen LogP contribution in [0.3, 0.4) is 0 Å². The number of rotatable bonds is 5. The Morgan fingerprint density at radius 3 is 2.68 bits per heavy atom. The van der Waals surface area contributed by atoms with Crippen LogP contribution < -0.4 is 10.2 Å². The number of guanidine groups is 1. The van der Waals surface area contributed by atoms with Crippen molar-refractivity contribution < 1.29 is 8.42 Å². The maximum Gasteiger partial charge on any atom is 0.194 e. The maximum absolute atomic E-state index is 11.7. The lowest BCUT2D eigenvalue weighted by atomic mass is 10.1. The lowest BCUT2D eigenvalue weighted by molar-refractivity contribution is 0.372. The van der Waals surface area contributed by atoms with Crippen molar-refractivity contribution in [2.24, 2.45) is 10.9 Å². The number of piperazine rings is 1. The summed E-state index contributed by atoms with van der Waals surface area (Å²) in [5.74, 6) is 1.58. The molecule has 0 bridgehead atoms. The predicted octanol–water partition coefficient (Wildman–Crippen LogP) is 2.30. The quantitative estimate of drug-likeness (QED) is 0.281. The minimum Gasteiger partial charge on any atom is -0.368 e. The molecule has 3 rings (SSSR count). The van der Waals surface area contributed by atoms with E-state index in [4.69, 9.17) is 4.99 Å². The predicted molar refractivity (Wildman–Crippen MR) is 128 cm³/mol. The van der Waals surface area contributed by atoms with Crippen molar-refractivity contribution in [2.75, 3.05) is 55.7 Å². The molecule has 2 aliphatic rings. The summed E-state index contributed by atoms with van der Waals surface area (Å²) >= 11 is 0. The molecule has 1 aromatic carbocycles. The number of hydrogen-bond acceptors (Lipinski definition) is 4. The van der Waals surface area contributed by atoms with Crippen LogP contribution in [0.1, 0.15) is 12.0 Å². The Kier molecular flexibility index (Phi) is 8.60. The van der Waals surface area contributed by atoms with Gasteiger partial charge >= 0.3 is 0 Å². The van der Waals surface area contributed by atoms with Gasteiger partial charge in [0.25, 0.3) is 0 Å². The largest absolute Gasteiger partial charge is 0.368 e. The fraction of sp³-hybridized carbons (Fsp3) is 0.550. The number of aliphatic imine (C=N–C) groups is 1. The third kappa shape index (κ3) is 6.37. The van der Waals surface area contributed by atoms with Gasteiger partial charge in [0, 0.05) is 45.0 Å². The highest BCUT2D eigenvalue weighted by molar-refractivity contribution is 14.0. The van der Waals surface area contributed by atoms with E-state index in [-0.39, 0.29) is 35.6 Å². The number of aryl methyl sites for hydroxylation is 1. The molecule has 0 aromatic heterocycles. The first kappa shape index (κ1) is 23.0. The van der Waals surface area contributed by atoms with Crippen LogP contribution in [0.15, 0.2) is 41.9 Å². The molecule has 2 aliphatic heterocycles. The molecule has 8 heteroatoms. The maximum atomic E-state index is 11.7. The normalized spacial score (nSPS) is 21.9. The lowest BCUT2D eigenvalue weighted by Crippen LogP contribution is -2.52. The molecular formula is C20H31IN4O2S. The summed E-state index contributed by atoms with van der Waals surface area (Å²) in [4.78, 5) is 9.41. The van der Waals surface area contributed by atoms with Gasteiger partial charge < -0.3 is 15.1 Å². The average molecular weight is 518 g/mol. The Bertz CT molecular complexity index is 789. The van der Waals surface area contributed by atoms with Crippen LogP contribution in [0, 0.1) is 12.8 Å². The van der Waals surface area contributed by atoms with Gasteiger partial charge in [0.1, 0.15) is 0 Å². The highest BCUT2D eigenvalue weighted by Crippen LogP contribution is 2.20. The number of sulfone groups is 1. The fourth-order valence-electron chi connectivity index (χ4n) is 3.66. The monoisotopic (exact) mass is 518 g/mol. The lowest BCUT2D eigenvalue weighted by Gasteiger charge is -2.38.